The average Bonchev–Trinajstić information content (AvgIpc) is 3.38. The molecule has 2 aromatic rings. The second-order valence-corrected chi connectivity index (χ2v) is 9.08. The van der Waals surface area contributed by atoms with Gasteiger partial charge in [-0.05, 0) is 93.1 Å². The fourth-order valence-electron chi connectivity index (χ4n) is 4.67. The minimum atomic E-state index is -0.413. The Morgan fingerprint density at radius 2 is 1.74 bits per heavy atom. The third kappa shape index (κ3) is 4.72. The molecule has 2 aliphatic heterocycles. The molecule has 5 heteroatoms. The van der Waals surface area contributed by atoms with Crippen molar-refractivity contribution in [3.8, 4) is 11.5 Å². The Morgan fingerprint density at radius 3 is 2.45 bits per heavy atom. The minimum absolute atomic E-state index is 0.0355. The molecule has 0 spiro atoms. The van der Waals surface area contributed by atoms with E-state index < -0.39 is 6.10 Å². The van der Waals surface area contributed by atoms with Crippen molar-refractivity contribution in [3.63, 3.8) is 0 Å². The number of hydrogen-bond acceptors (Lipinski definition) is 4. The van der Waals surface area contributed by atoms with Crippen LogP contribution in [0, 0.1) is 6.92 Å². The normalized spacial score (nSPS) is 21.6. The third-order valence-electron chi connectivity index (χ3n) is 6.70. The molecular weight excluding hydrogens is 388 g/mol. The number of amides is 1. The fraction of sp³-hybridized carbons (Fsp3) is 0.500. The van der Waals surface area contributed by atoms with E-state index >= 15 is 0 Å². The van der Waals surface area contributed by atoms with Gasteiger partial charge in [0.2, 0.25) is 0 Å². The van der Waals surface area contributed by atoms with Crippen LogP contribution in [0.1, 0.15) is 49.1 Å². The van der Waals surface area contributed by atoms with Crippen molar-refractivity contribution in [3.05, 3.63) is 53.6 Å². The lowest BCUT2D eigenvalue weighted by Gasteiger charge is -2.20. The Labute approximate surface area is 184 Å². The maximum atomic E-state index is 13.0. The van der Waals surface area contributed by atoms with E-state index in [0.29, 0.717) is 19.6 Å². The molecule has 1 amide bonds. The van der Waals surface area contributed by atoms with Crippen LogP contribution in [0.15, 0.2) is 42.5 Å². The topological polar surface area (TPSA) is 42.0 Å². The summed E-state index contributed by atoms with van der Waals surface area (Å²) in [4.78, 5) is 17.3. The molecule has 1 unspecified atom stereocenters. The van der Waals surface area contributed by atoms with Crippen molar-refractivity contribution >= 4 is 11.6 Å². The zero-order valence-corrected chi connectivity index (χ0v) is 18.4. The van der Waals surface area contributed by atoms with Crippen molar-refractivity contribution < 1.29 is 14.3 Å². The summed E-state index contributed by atoms with van der Waals surface area (Å²) in [5.74, 6) is 2.45. The summed E-state index contributed by atoms with van der Waals surface area (Å²) in [5.41, 5.74) is 3.36. The van der Waals surface area contributed by atoms with E-state index in [-0.39, 0.29) is 5.91 Å². The molecule has 164 valence electrons. The van der Waals surface area contributed by atoms with E-state index in [0.717, 1.165) is 35.2 Å². The van der Waals surface area contributed by atoms with Crippen LogP contribution in [0.25, 0.3) is 0 Å². The molecule has 2 saturated heterocycles. The summed E-state index contributed by atoms with van der Waals surface area (Å²) in [6.45, 7) is 6.78. The first-order chi connectivity index (χ1) is 15.2. The van der Waals surface area contributed by atoms with Gasteiger partial charge in [0.05, 0.1) is 0 Å². The lowest BCUT2D eigenvalue weighted by Crippen LogP contribution is -2.32. The lowest BCUT2D eigenvalue weighted by atomic mass is 10.1. The van der Waals surface area contributed by atoms with Gasteiger partial charge < -0.3 is 14.4 Å². The van der Waals surface area contributed by atoms with Crippen molar-refractivity contribution in [2.75, 3.05) is 37.7 Å². The Kier molecular flexibility index (Phi) is 5.86. The summed E-state index contributed by atoms with van der Waals surface area (Å²) in [6.07, 6.45) is 5.47. The SMILES string of the molecule is Cc1cc(N2CCC(Oc3ccc(C4CC4)cc3)C2=O)ccc1OCCN1CCCC1. The van der Waals surface area contributed by atoms with Crippen LogP contribution < -0.4 is 14.4 Å². The lowest BCUT2D eigenvalue weighted by molar-refractivity contribution is -0.122. The Morgan fingerprint density at radius 1 is 0.968 bits per heavy atom. The number of aryl methyl sites for hydroxylation is 1. The second-order valence-electron chi connectivity index (χ2n) is 9.08. The molecule has 0 bridgehead atoms. The number of likely N-dealkylation sites (tertiary alicyclic amines) is 1. The number of rotatable bonds is 8. The largest absolute Gasteiger partial charge is 0.492 e. The number of ether oxygens (including phenoxy) is 2. The highest BCUT2D eigenvalue weighted by atomic mass is 16.5. The van der Waals surface area contributed by atoms with Crippen molar-refractivity contribution in [1.29, 1.82) is 0 Å². The summed E-state index contributed by atoms with van der Waals surface area (Å²) in [5, 5.41) is 0. The molecular formula is C26H32N2O3. The van der Waals surface area contributed by atoms with E-state index in [9.17, 15) is 4.79 Å². The van der Waals surface area contributed by atoms with E-state index in [1.165, 1.54) is 44.3 Å². The van der Waals surface area contributed by atoms with Crippen LogP contribution in [0.5, 0.6) is 11.5 Å². The maximum Gasteiger partial charge on any atom is 0.268 e. The van der Waals surface area contributed by atoms with Crippen LogP contribution in [0.4, 0.5) is 5.69 Å². The molecule has 1 atom stereocenters. The number of nitrogens with zero attached hydrogens (tertiary/aromatic N) is 2. The second kappa shape index (κ2) is 8.91. The number of hydrogen-bond donors (Lipinski definition) is 0. The van der Waals surface area contributed by atoms with E-state index in [4.69, 9.17) is 9.47 Å². The zero-order valence-electron chi connectivity index (χ0n) is 18.4. The van der Waals surface area contributed by atoms with Gasteiger partial charge in [0, 0.05) is 25.2 Å². The predicted molar refractivity (Wildman–Crippen MR) is 122 cm³/mol. The molecule has 31 heavy (non-hydrogen) atoms. The van der Waals surface area contributed by atoms with Crippen LogP contribution in [0.3, 0.4) is 0 Å². The van der Waals surface area contributed by atoms with Gasteiger partial charge in [-0.1, -0.05) is 12.1 Å². The van der Waals surface area contributed by atoms with Crippen molar-refractivity contribution in [1.82, 2.24) is 4.90 Å². The molecule has 0 aromatic heterocycles. The molecule has 1 aliphatic carbocycles. The number of benzene rings is 2. The van der Waals surface area contributed by atoms with E-state index in [2.05, 4.69) is 23.1 Å². The molecule has 3 aliphatic rings. The summed E-state index contributed by atoms with van der Waals surface area (Å²) >= 11 is 0. The van der Waals surface area contributed by atoms with Gasteiger partial charge in [-0.15, -0.1) is 0 Å². The number of carbonyl (C=O) groups is 1. The average molecular weight is 421 g/mol. The van der Waals surface area contributed by atoms with Crippen LogP contribution in [-0.4, -0.2) is 49.7 Å². The first-order valence-corrected chi connectivity index (χ1v) is 11.7. The molecule has 0 N–H and O–H groups in total. The quantitative estimate of drug-likeness (QED) is 0.629. The van der Waals surface area contributed by atoms with Gasteiger partial charge in [-0.3, -0.25) is 9.69 Å². The summed E-state index contributed by atoms with van der Waals surface area (Å²) in [7, 11) is 0. The highest BCUT2D eigenvalue weighted by molar-refractivity contribution is 5.99. The maximum absolute atomic E-state index is 13.0. The molecule has 0 radical (unpaired) electrons. The van der Waals surface area contributed by atoms with Gasteiger partial charge in [0.15, 0.2) is 6.10 Å². The Hall–Kier alpha value is -2.53. The fourth-order valence-corrected chi connectivity index (χ4v) is 4.67. The van der Waals surface area contributed by atoms with E-state index in [1.54, 1.807) is 0 Å². The molecule has 1 saturated carbocycles. The zero-order chi connectivity index (χ0) is 21.2. The number of anilines is 1. The van der Waals surface area contributed by atoms with Crippen molar-refractivity contribution in [2.24, 2.45) is 0 Å². The van der Waals surface area contributed by atoms with Gasteiger partial charge >= 0.3 is 0 Å². The van der Waals surface area contributed by atoms with Crippen LogP contribution >= 0.6 is 0 Å². The van der Waals surface area contributed by atoms with Crippen molar-refractivity contribution in [2.45, 2.75) is 51.0 Å². The molecule has 5 nitrogen and oxygen atoms in total. The molecule has 3 fully saturated rings. The monoisotopic (exact) mass is 420 g/mol. The standard InChI is InChI=1S/C26H32N2O3/c1-19-18-22(8-11-24(19)30-17-16-27-13-2-3-14-27)28-15-12-25(26(28)29)31-23-9-6-21(7-10-23)20-4-5-20/h6-11,18,20,25H,2-5,12-17H2,1H3. The van der Waals surface area contributed by atoms with Crippen LogP contribution in [-0.2, 0) is 4.79 Å². The van der Waals surface area contributed by atoms with Gasteiger partial charge in [-0.2, -0.15) is 0 Å². The summed E-state index contributed by atoms with van der Waals surface area (Å²) < 4.78 is 12.0. The highest BCUT2D eigenvalue weighted by Gasteiger charge is 2.34. The third-order valence-corrected chi connectivity index (χ3v) is 6.70. The van der Waals surface area contributed by atoms with Gasteiger partial charge in [-0.25, -0.2) is 0 Å². The Balaban J connectivity index is 1.17. The smallest absolute Gasteiger partial charge is 0.268 e. The van der Waals surface area contributed by atoms with Crippen LogP contribution in [0.2, 0.25) is 0 Å². The first kappa shape index (κ1) is 20.4. The first-order valence-electron chi connectivity index (χ1n) is 11.7. The molecule has 5 rings (SSSR count). The predicted octanol–water partition coefficient (Wildman–Crippen LogP) is 4.53. The minimum Gasteiger partial charge on any atom is -0.492 e. The van der Waals surface area contributed by atoms with Gasteiger partial charge in [0.25, 0.3) is 5.91 Å². The number of carbonyl (C=O) groups excluding carboxylic acids is 1. The molecule has 2 heterocycles. The summed E-state index contributed by atoms with van der Waals surface area (Å²) in [6, 6.07) is 14.3. The van der Waals surface area contributed by atoms with Gasteiger partial charge in [0.1, 0.15) is 18.1 Å². The highest BCUT2D eigenvalue weighted by Crippen LogP contribution is 2.40. The Bertz CT molecular complexity index is 917. The van der Waals surface area contributed by atoms with E-state index in [1.807, 2.05) is 36.1 Å². The molecule has 2 aromatic carbocycles.